The van der Waals surface area contributed by atoms with E-state index in [0.29, 0.717) is 26.4 Å². The molecule has 8 aromatic heterocycles. The highest BCUT2D eigenvalue weighted by atomic mass is 32.1. The van der Waals surface area contributed by atoms with Gasteiger partial charge in [-0.1, -0.05) is 87.4 Å². The molecule has 0 spiro atoms. The summed E-state index contributed by atoms with van der Waals surface area (Å²) in [5.74, 6) is 3.15. The topological polar surface area (TPSA) is 36.9 Å². The lowest BCUT2D eigenvalue weighted by Crippen LogP contribution is -2.11. The second kappa shape index (κ2) is 26.4. The number of fused-ring (bicyclic) bond motifs is 2. The Morgan fingerprint density at radius 1 is 0.295 bits per heavy atom. The van der Waals surface area contributed by atoms with Gasteiger partial charge in [0.25, 0.3) is 0 Å². The van der Waals surface area contributed by atoms with Crippen LogP contribution in [0.3, 0.4) is 0 Å². The van der Waals surface area contributed by atoms with Crippen LogP contribution in [0.4, 0.5) is 0 Å². The van der Waals surface area contributed by atoms with Crippen LogP contribution in [-0.2, 0) is 12.8 Å². The second-order valence-corrected chi connectivity index (χ2v) is 30.5. The largest absolute Gasteiger partial charge is 0.490 e. The first-order valence-electron chi connectivity index (χ1n) is 29.8. The van der Waals surface area contributed by atoms with Crippen molar-refractivity contribution in [3.63, 3.8) is 0 Å². The van der Waals surface area contributed by atoms with Crippen LogP contribution in [0, 0.1) is 13.8 Å². The Bertz CT molecular complexity index is 4410. The molecule has 0 N–H and O–H groups in total. The number of benzene rings is 6. The van der Waals surface area contributed by atoms with Crippen LogP contribution >= 0.6 is 90.7 Å². The molecule has 0 bridgehead atoms. The van der Waals surface area contributed by atoms with Gasteiger partial charge in [0, 0.05) is 89.2 Å². The Morgan fingerprint density at radius 2 is 0.636 bits per heavy atom. The molecule has 0 amide bonds. The molecule has 0 aliphatic carbocycles. The van der Waals surface area contributed by atoms with Crippen LogP contribution in [-0.4, -0.2) is 26.4 Å². The van der Waals surface area contributed by atoms with Crippen molar-refractivity contribution in [2.45, 2.75) is 53.4 Å². The standard InChI is InChI=1S/C76H62O4S8/c1-5-11-55-27-31-61(81-55)63-33-35-65(83-63)67-37-39-69(85-67)75-47(3)45-71(87-75)51-17-23-53(24-18-51)77-41-43-79-59-29-21-49-13-7-9-15-57(49)73(59)74-58-16-10-8-14-50(58)22-30-60(74)80-44-42-78-54-25-19-52(20-26-54)72-46-48(4)76(88-72)70-40-38-68(86-70)66-36-34-64(84-66)62-32-28-56(82-62)12-6-2/h7-10,13-40,45-46H,5-6,11-12,41-44H2,1-4H3. The summed E-state index contributed by atoms with van der Waals surface area (Å²) in [5, 5.41) is 4.41. The molecular weight excluding hydrogens is 1230 g/mol. The SMILES string of the molecule is CCCc1ccc(-c2ccc(-c3ccc(-c4sc(-c5ccc(OCCOc6ccc7ccccc7c6-c6c(OCCOc7ccc(-c8cc(C)c(-c9ccc(-c%10ccc(-c%11ccc(CCC)s%11)s%10)s9)s8)cc7)ccc7ccccc67)cc5)cc4C)s3)s2)s1. The average molecular weight is 1300 g/mol. The molecule has 0 saturated heterocycles. The molecular formula is C76H62O4S8. The highest BCUT2D eigenvalue weighted by molar-refractivity contribution is 7.30. The molecule has 0 aliphatic rings. The predicted molar refractivity (Wildman–Crippen MR) is 386 cm³/mol. The third kappa shape index (κ3) is 12.5. The molecule has 14 rings (SSSR count). The fourth-order valence-electron chi connectivity index (χ4n) is 11.2. The van der Waals surface area contributed by atoms with E-state index in [-0.39, 0.29) is 0 Å². The van der Waals surface area contributed by atoms with E-state index in [2.05, 4.69) is 234 Å². The fourth-order valence-corrected chi connectivity index (χ4v) is 20.5. The molecule has 0 atom stereocenters. The van der Waals surface area contributed by atoms with Gasteiger partial charge in [-0.2, -0.15) is 0 Å². The van der Waals surface area contributed by atoms with Crippen molar-refractivity contribution in [2.24, 2.45) is 0 Å². The molecule has 88 heavy (non-hydrogen) atoms. The van der Waals surface area contributed by atoms with Crippen LogP contribution in [0.25, 0.3) is 112 Å². The first-order valence-corrected chi connectivity index (χ1v) is 36.4. The summed E-state index contributed by atoms with van der Waals surface area (Å²) in [7, 11) is 0. The summed E-state index contributed by atoms with van der Waals surface area (Å²) in [6, 6.07) is 74.4. The van der Waals surface area contributed by atoms with E-state index in [1.807, 2.05) is 90.7 Å². The number of ether oxygens (including phenoxy) is 4. The maximum atomic E-state index is 6.73. The molecule has 6 aromatic carbocycles. The summed E-state index contributed by atoms with van der Waals surface area (Å²) in [6.45, 7) is 10.4. The van der Waals surface area contributed by atoms with Crippen molar-refractivity contribution < 1.29 is 18.9 Å². The molecule has 14 aromatic rings. The van der Waals surface area contributed by atoms with E-state index in [9.17, 15) is 0 Å². The van der Waals surface area contributed by atoms with E-state index in [1.54, 1.807) is 0 Å². The Labute approximate surface area is 546 Å². The quantitative estimate of drug-likeness (QED) is 0.0598. The van der Waals surface area contributed by atoms with Crippen LogP contribution in [0.2, 0.25) is 0 Å². The molecule has 8 heterocycles. The minimum absolute atomic E-state index is 0.355. The van der Waals surface area contributed by atoms with Crippen LogP contribution in [0.15, 0.2) is 206 Å². The van der Waals surface area contributed by atoms with E-state index in [4.69, 9.17) is 18.9 Å². The Morgan fingerprint density at radius 3 is 1.03 bits per heavy atom. The van der Waals surface area contributed by atoms with Crippen molar-refractivity contribution in [1.29, 1.82) is 0 Å². The molecule has 12 heteroatoms. The molecule has 438 valence electrons. The van der Waals surface area contributed by atoms with Gasteiger partial charge in [-0.3, -0.25) is 0 Å². The number of hydrogen-bond donors (Lipinski definition) is 0. The summed E-state index contributed by atoms with van der Waals surface area (Å²) >= 11 is 15.1. The smallest absolute Gasteiger partial charge is 0.128 e. The van der Waals surface area contributed by atoms with Gasteiger partial charge in [-0.25, -0.2) is 0 Å². The zero-order chi connectivity index (χ0) is 59.5. The lowest BCUT2D eigenvalue weighted by atomic mass is 9.92. The molecule has 0 saturated carbocycles. The van der Waals surface area contributed by atoms with Gasteiger partial charge in [0.15, 0.2) is 0 Å². The van der Waals surface area contributed by atoms with Crippen molar-refractivity contribution in [2.75, 3.05) is 26.4 Å². The second-order valence-electron chi connectivity index (χ2n) is 21.7. The van der Waals surface area contributed by atoms with Crippen molar-refractivity contribution in [3.8, 4) is 114 Å². The summed E-state index contributed by atoms with van der Waals surface area (Å²) in [4.78, 5) is 21.4. The van der Waals surface area contributed by atoms with Gasteiger partial charge < -0.3 is 18.9 Å². The average Bonchev–Trinajstić information content (AvgIpc) is 1.30. The fraction of sp³-hybridized carbons (Fsp3) is 0.158. The van der Waals surface area contributed by atoms with Gasteiger partial charge in [-0.15, -0.1) is 90.7 Å². The molecule has 0 fully saturated rings. The first-order chi connectivity index (χ1) is 43.3. The van der Waals surface area contributed by atoms with E-state index in [0.717, 1.165) is 68.5 Å². The maximum absolute atomic E-state index is 6.73. The maximum Gasteiger partial charge on any atom is 0.128 e. The Hall–Kier alpha value is -7.36. The summed E-state index contributed by atoms with van der Waals surface area (Å²) in [5.41, 5.74) is 6.93. The normalized spacial score (nSPS) is 11.5. The van der Waals surface area contributed by atoms with Crippen LogP contribution in [0.1, 0.15) is 47.6 Å². The van der Waals surface area contributed by atoms with E-state index >= 15 is 0 Å². The van der Waals surface area contributed by atoms with Crippen molar-refractivity contribution >= 4 is 112 Å². The van der Waals surface area contributed by atoms with Gasteiger partial charge in [0.1, 0.15) is 49.4 Å². The molecule has 0 aliphatic heterocycles. The zero-order valence-corrected chi connectivity index (χ0v) is 55.7. The molecule has 0 unspecified atom stereocenters. The Kier molecular flexibility index (Phi) is 17.5. The van der Waals surface area contributed by atoms with Gasteiger partial charge in [0.2, 0.25) is 0 Å². The van der Waals surface area contributed by atoms with Gasteiger partial charge >= 0.3 is 0 Å². The zero-order valence-electron chi connectivity index (χ0n) is 49.2. The van der Waals surface area contributed by atoms with Crippen molar-refractivity contribution in [3.05, 3.63) is 227 Å². The third-order valence-electron chi connectivity index (χ3n) is 15.5. The first kappa shape index (κ1) is 58.3. The number of hydrogen-bond acceptors (Lipinski definition) is 12. The van der Waals surface area contributed by atoms with Gasteiger partial charge in [-0.05, 0) is 216 Å². The lowest BCUT2D eigenvalue weighted by molar-refractivity contribution is 0.216. The molecule has 0 radical (unpaired) electrons. The minimum atomic E-state index is 0.355. The number of thiophene rings is 8. The highest BCUT2D eigenvalue weighted by Crippen LogP contribution is 2.49. The third-order valence-corrected chi connectivity index (χ3v) is 25.9. The van der Waals surface area contributed by atoms with E-state index in [1.165, 1.54) is 113 Å². The Balaban J connectivity index is 0.612. The monoisotopic (exact) mass is 1290 g/mol. The van der Waals surface area contributed by atoms with Crippen molar-refractivity contribution in [1.82, 2.24) is 0 Å². The number of rotatable bonds is 23. The number of aryl methyl sites for hydroxylation is 4. The summed E-state index contributed by atoms with van der Waals surface area (Å²) < 4.78 is 26.2. The summed E-state index contributed by atoms with van der Waals surface area (Å²) in [6.07, 6.45) is 4.66. The van der Waals surface area contributed by atoms with Crippen LogP contribution < -0.4 is 18.9 Å². The molecule has 4 nitrogen and oxygen atoms in total. The minimum Gasteiger partial charge on any atom is -0.490 e. The lowest BCUT2D eigenvalue weighted by Gasteiger charge is -2.20. The van der Waals surface area contributed by atoms with Gasteiger partial charge in [0.05, 0.1) is 0 Å². The van der Waals surface area contributed by atoms with Crippen LogP contribution in [0.5, 0.6) is 23.0 Å². The highest BCUT2D eigenvalue weighted by Gasteiger charge is 2.21. The predicted octanol–water partition coefficient (Wildman–Crippen LogP) is 24.9. The van der Waals surface area contributed by atoms with E-state index < -0.39 is 0 Å².